The van der Waals surface area contributed by atoms with Gasteiger partial charge in [-0.2, -0.15) is 9.78 Å². The third-order valence-corrected chi connectivity index (χ3v) is 5.08. The molecule has 0 saturated carbocycles. The Balaban J connectivity index is 1.56. The van der Waals surface area contributed by atoms with E-state index in [1.807, 2.05) is 43.3 Å². The smallest absolute Gasteiger partial charge is 0.256 e. The summed E-state index contributed by atoms with van der Waals surface area (Å²) in [5, 5.41) is 9.41. The van der Waals surface area contributed by atoms with Crippen LogP contribution in [0, 0.1) is 0 Å². The predicted molar refractivity (Wildman–Crippen MR) is 121 cm³/mol. The number of fused-ring (bicyclic) bond motifs is 1. The van der Waals surface area contributed by atoms with E-state index in [1.165, 1.54) is 10.7 Å². The van der Waals surface area contributed by atoms with Crippen molar-refractivity contribution in [2.75, 3.05) is 5.32 Å². The number of rotatable bonds is 5. The molecule has 5 aromatic rings. The lowest BCUT2D eigenvalue weighted by Crippen LogP contribution is -2.19. The summed E-state index contributed by atoms with van der Waals surface area (Å²) in [6.45, 7) is 1.91. The molecule has 0 bridgehead atoms. The molecule has 0 unspecified atom stereocenters. The van der Waals surface area contributed by atoms with Crippen molar-refractivity contribution >= 4 is 22.5 Å². The molecule has 0 aliphatic heterocycles. The molecule has 0 fully saturated rings. The molecule has 2 N–H and O–H groups in total. The van der Waals surface area contributed by atoms with E-state index in [2.05, 4.69) is 20.4 Å². The summed E-state index contributed by atoms with van der Waals surface area (Å²) in [5.74, 6) is 0.780. The number of anilines is 1. The SMILES string of the molecule is CCc1cc(=O)[nH]c(-n2nc(-c3ccco3)cc2NC(=O)c2ccc3ccccc3c2)n1. The number of nitrogens with zero attached hydrogens (tertiary/aromatic N) is 3. The second kappa shape index (κ2) is 7.99. The number of aromatic nitrogens is 4. The molecule has 3 heterocycles. The van der Waals surface area contributed by atoms with E-state index in [0.29, 0.717) is 35.0 Å². The Bertz CT molecular complexity index is 1480. The monoisotopic (exact) mass is 425 g/mol. The molecule has 8 heteroatoms. The molecule has 1 amide bonds. The summed E-state index contributed by atoms with van der Waals surface area (Å²) in [6.07, 6.45) is 2.13. The van der Waals surface area contributed by atoms with Crippen LogP contribution in [0.1, 0.15) is 23.0 Å². The van der Waals surface area contributed by atoms with Gasteiger partial charge in [0.15, 0.2) is 5.76 Å². The highest BCUT2D eigenvalue weighted by atomic mass is 16.3. The first-order valence-corrected chi connectivity index (χ1v) is 10.2. The Kier molecular flexibility index (Phi) is 4.87. The third kappa shape index (κ3) is 3.69. The quantitative estimate of drug-likeness (QED) is 0.439. The zero-order chi connectivity index (χ0) is 22.1. The van der Waals surface area contributed by atoms with Gasteiger partial charge < -0.3 is 9.73 Å². The van der Waals surface area contributed by atoms with E-state index in [-0.39, 0.29) is 17.4 Å². The highest BCUT2D eigenvalue weighted by Gasteiger charge is 2.18. The van der Waals surface area contributed by atoms with Crippen molar-refractivity contribution in [3.63, 3.8) is 0 Å². The van der Waals surface area contributed by atoms with E-state index < -0.39 is 0 Å². The number of hydrogen-bond acceptors (Lipinski definition) is 5. The van der Waals surface area contributed by atoms with Gasteiger partial charge in [0.05, 0.1) is 6.26 Å². The van der Waals surface area contributed by atoms with Crippen molar-refractivity contribution in [2.24, 2.45) is 0 Å². The summed E-state index contributed by atoms with van der Waals surface area (Å²) >= 11 is 0. The first-order chi connectivity index (χ1) is 15.6. The molecule has 0 aliphatic carbocycles. The van der Waals surface area contributed by atoms with E-state index in [1.54, 1.807) is 30.5 Å². The van der Waals surface area contributed by atoms with Gasteiger partial charge >= 0.3 is 0 Å². The largest absolute Gasteiger partial charge is 0.463 e. The van der Waals surface area contributed by atoms with Crippen LogP contribution in [0.15, 0.2) is 82.2 Å². The Labute approximate surface area is 182 Å². The summed E-state index contributed by atoms with van der Waals surface area (Å²) in [7, 11) is 0. The van der Waals surface area contributed by atoms with Gasteiger partial charge in [-0.15, -0.1) is 0 Å². The fourth-order valence-corrected chi connectivity index (χ4v) is 3.47. The van der Waals surface area contributed by atoms with Gasteiger partial charge in [-0.25, -0.2) is 4.98 Å². The Morgan fingerprint density at radius 1 is 1.06 bits per heavy atom. The van der Waals surface area contributed by atoms with E-state index >= 15 is 0 Å². The minimum atomic E-state index is -0.308. The van der Waals surface area contributed by atoms with Gasteiger partial charge in [-0.05, 0) is 41.5 Å². The van der Waals surface area contributed by atoms with Crippen molar-refractivity contribution in [3.8, 4) is 17.4 Å². The molecule has 3 aromatic heterocycles. The summed E-state index contributed by atoms with van der Waals surface area (Å²) < 4.78 is 6.85. The molecular weight excluding hydrogens is 406 g/mol. The molecule has 2 aromatic carbocycles. The molecule has 32 heavy (non-hydrogen) atoms. The number of hydrogen-bond donors (Lipinski definition) is 2. The van der Waals surface area contributed by atoms with Gasteiger partial charge in [0.25, 0.3) is 11.5 Å². The van der Waals surface area contributed by atoms with Gasteiger partial charge in [-0.1, -0.05) is 37.3 Å². The van der Waals surface area contributed by atoms with Crippen LogP contribution < -0.4 is 10.9 Å². The van der Waals surface area contributed by atoms with Crippen molar-refractivity contribution < 1.29 is 9.21 Å². The standard InChI is InChI=1S/C24H19N5O3/c1-2-18-13-22(30)27-24(25-18)29-21(14-19(28-29)20-8-5-11-32-20)26-23(31)17-10-9-15-6-3-4-7-16(15)12-17/h3-14H,2H2,1H3,(H,26,31)(H,25,27,30). The lowest BCUT2D eigenvalue weighted by Gasteiger charge is -2.09. The lowest BCUT2D eigenvalue weighted by atomic mass is 10.1. The van der Waals surface area contributed by atoms with Crippen LogP contribution in [0.3, 0.4) is 0 Å². The normalized spacial score (nSPS) is 11.0. The van der Waals surface area contributed by atoms with Crippen LogP contribution >= 0.6 is 0 Å². The molecule has 8 nitrogen and oxygen atoms in total. The predicted octanol–water partition coefficient (Wildman–Crippen LogP) is 4.18. The molecule has 0 aliphatic rings. The van der Waals surface area contributed by atoms with Crippen LogP contribution in [-0.2, 0) is 6.42 Å². The van der Waals surface area contributed by atoms with Crippen molar-refractivity contribution in [1.29, 1.82) is 0 Å². The minimum absolute atomic E-state index is 0.209. The van der Waals surface area contributed by atoms with Crippen LogP contribution in [-0.4, -0.2) is 25.7 Å². The molecule has 0 atom stereocenters. The van der Waals surface area contributed by atoms with Gasteiger partial charge in [-0.3, -0.25) is 14.6 Å². The van der Waals surface area contributed by atoms with Gasteiger partial charge in [0, 0.05) is 23.4 Å². The van der Waals surface area contributed by atoms with Crippen molar-refractivity contribution in [1.82, 2.24) is 19.7 Å². The average Bonchev–Trinajstić information content (AvgIpc) is 3.48. The molecular formula is C24H19N5O3. The lowest BCUT2D eigenvalue weighted by molar-refractivity contribution is 0.102. The number of aryl methyl sites for hydroxylation is 1. The number of amides is 1. The Morgan fingerprint density at radius 2 is 1.91 bits per heavy atom. The number of carbonyl (C=O) groups is 1. The van der Waals surface area contributed by atoms with Crippen LogP contribution in [0.2, 0.25) is 0 Å². The summed E-state index contributed by atoms with van der Waals surface area (Å²) in [4.78, 5) is 32.3. The second-order valence-corrected chi connectivity index (χ2v) is 7.23. The van der Waals surface area contributed by atoms with E-state index in [4.69, 9.17) is 4.42 Å². The summed E-state index contributed by atoms with van der Waals surface area (Å²) in [6, 6.07) is 20.0. The number of benzene rings is 2. The van der Waals surface area contributed by atoms with Gasteiger partial charge in [0.2, 0.25) is 5.95 Å². The topological polar surface area (TPSA) is 106 Å². The zero-order valence-electron chi connectivity index (χ0n) is 17.2. The highest BCUT2D eigenvalue weighted by molar-refractivity contribution is 6.06. The number of carbonyl (C=O) groups excluding carboxylic acids is 1. The van der Waals surface area contributed by atoms with Crippen molar-refractivity contribution in [3.05, 3.63) is 94.6 Å². The van der Waals surface area contributed by atoms with Crippen molar-refractivity contribution in [2.45, 2.75) is 13.3 Å². The number of nitrogens with one attached hydrogen (secondary N) is 2. The molecule has 5 rings (SSSR count). The van der Waals surface area contributed by atoms with E-state index in [0.717, 1.165) is 10.8 Å². The Hall–Kier alpha value is -4.46. The molecule has 0 saturated heterocycles. The highest BCUT2D eigenvalue weighted by Crippen LogP contribution is 2.25. The van der Waals surface area contributed by atoms with Crippen LogP contribution in [0.25, 0.3) is 28.2 Å². The van der Waals surface area contributed by atoms with Crippen LogP contribution in [0.5, 0.6) is 0 Å². The maximum atomic E-state index is 13.1. The van der Waals surface area contributed by atoms with Crippen LogP contribution in [0.4, 0.5) is 5.82 Å². The summed E-state index contributed by atoms with van der Waals surface area (Å²) in [5.41, 5.74) is 1.31. The third-order valence-electron chi connectivity index (χ3n) is 5.08. The Morgan fingerprint density at radius 3 is 2.69 bits per heavy atom. The van der Waals surface area contributed by atoms with Gasteiger partial charge in [0.1, 0.15) is 11.5 Å². The maximum Gasteiger partial charge on any atom is 0.256 e. The average molecular weight is 425 g/mol. The number of H-pyrrole nitrogens is 1. The number of aromatic amines is 1. The first-order valence-electron chi connectivity index (χ1n) is 10.2. The fraction of sp³-hybridized carbons (Fsp3) is 0.0833. The molecule has 0 radical (unpaired) electrons. The molecule has 0 spiro atoms. The second-order valence-electron chi connectivity index (χ2n) is 7.23. The number of furan rings is 1. The maximum absolute atomic E-state index is 13.1. The first kappa shape index (κ1) is 19.5. The fourth-order valence-electron chi connectivity index (χ4n) is 3.47. The van der Waals surface area contributed by atoms with E-state index in [9.17, 15) is 9.59 Å². The zero-order valence-corrected chi connectivity index (χ0v) is 17.2. The molecule has 158 valence electrons. The minimum Gasteiger partial charge on any atom is -0.463 e.